The SMILES string of the molecule is COc1ccc(-c2cccc([C@@H](N)CCCC(=O)O)n2)cc1. The summed E-state index contributed by atoms with van der Waals surface area (Å²) in [5.41, 5.74) is 8.70. The van der Waals surface area contributed by atoms with Crippen LogP contribution < -0.4 is 10.5 Å². The van der Waals surface area contributed by atoms with Crippen LogP contribution in [-0.4, -0.2) is 23.2 Å². The average Bonchev–Trinajstić information content (AvgIpc) is 2.54. The fourth-order valence-corrected chi connectivity index (χ4v) is 2.20. The van der Waals surface area contributed by atoms with Crippen LogP contribution in [0.15, 0.2) is 42.5 Å². The molecule has 0 bridgehead atoms. The van der Waals surface area contributed by atoms with Crippen LogP contribution in [0.3, 0.4) is 0 Å². The summed E-state index contributed by atoms with van der Waals surface area (Å²) in [5, 5.41) is 8.67. The lowest BCUT2D eigenvalue weighted by atomic mass is 10.1. The Morgan fingerprint density at radius 2 is 2.00 bits per heavy atom. The van der Waals surface area contributed by atoms with Crippen LogP contribution in [0.1, 0.15) is 31.0 Å². The van der Waals surface area contributed by atoms with Crippen molar-refractivity contribution in [2.75, 3.05) is 7.11 Å². The molecule has 116 valence electrons. The number of ether oxygens (including phenoxy) is 1. The van der Waals surface area contributed by atoms with E-state index in [0.717, 1.165) is 22.7 Å². The second kappa shape index (κ2) is 7.56. The summed E-state index contributed by atoms with van der Waals surface area (Å²) < 4.78 is 5.14. The lowest BCUT2D eigenvalue weighted by Gasteiger charge is -2.12. The molecular weight excluding hydrogens is 280 g/mol. The third-order valence-electron chi connectivity index (χ3n) is 3.44. The quantitative estimate of drug-likeness (QED) is 0.821. The van der Waals surface area contributed by atoms with Crippen molar-refractivity contribution in [1.29, 1.82) is 0 Å². The van der Waals surface area contributed by atoms with Crippen molar-refractivity contribution < 1.29 is 14.6 Å². The van der Waals surface area contributed by atoms with Crippen molar-refractivity contribution in [3.05, 3.63) is 48.2 Å². The summed E-state index contributed by atoms with van der Waals surface area (Å²) >= 11 is 0. The highest BCUT2D eigenvalue weighted by Crippen LogP contribution is 2.23. The summed E-state index contributed by atoms with van der Waals surface area (Å²) in [6, 6.07) is 13.1. The zero-order chi connectivity index (χ0) is 15.9. The number of carboxylic acids is 1. The largest absolute Gasteiger partial charge is 0.497 e. The number of pyridine rings is 1. The first-order valence-corrected chi connectivity index (χ1v) is 7.19. The van der Waals surface area contributed by atoms with E-state index in [-0.39, 0.29) is 12.5 Å². The standard InChI is InChI=1S/C17H20N2O3/c1-22-13-10-8-12(9-11-13)15-5-3-6-16(19-15)14(18)4-2-7-17(20)21/h3,5-6,8-11,14H,2,4,7,18H2,1H3,(H,20,21)/t14-/m0/s1. The molecule has 0 radical (unpaired) electrons. The van der Waals surface area contributed by atoms with Gasteiger partial charge in [0.2, 0.25) is 0 Å². The maximum absolute atomic E-state index is 10.5. The van der Waals surface area contributed by atoms with Gasteiger partial charge in [-0.3, -0.25) is 9.78 Å². The van der Waals surface area contributed by atoms with Crippen LogP contribution in [0.4, 0.5) is 0 Å². The Hall–Kier alpha value is -2.40. The summed E-state index contributed by atoms with van der Waals surface area (Å²) in [7, 11) is 1.63. The Labute approximate surface area is 129 Å². The van der Waals surface area contributed by atoms with Crippen LogP contribution in [0.5, 0.6) is 5.75 Å². The normalized spacial score (nSPS) is 11.9. The van der Waals surface area contributed by atoms with Crippen LogP contribution in [0.25, 0.3) is 11.3 Å². The highest BCUT2D eigenvalue weighted by molar-refractivity contribution is 5.66. The van der Waals surface area contributed by atoms with E-state index in [1.165, 1.54) is 0 Å². The number of hydrogen-bond donors (Lipinski definition) is 2. The average molecular weight is 300 g/mol. The number of hydrogen-bond acceptors (Lipinski definition) is 4. The van der Waals surface area contributed by atoms with Crippen LogP contribution >= 0.6 is 0 Å². The van der Waals surface area contributed by atoms with Gasteiger partial charge in [0.25, 0.3) is 0 Å². The number of carbonyl (C=O) groups is 1. The van der Waals surface area contributed by atoms with Gasteiger partial charge in [-0.1, -0.05) is 6.07 Å². The minimum Gasteiger partial charge on any atom is -0.497 e. The fraction of sp³-hybridized carbons (Fsp3) is 0.294. The van der Waals surface area contributed by atoms with E-state index in [1.54, 1.807) is 7.11 Å². The molecule has 0 amide bonds. The van der Waals surface area contributed by atoms with Crippen molar-refractivity contribution in [1.82, 2.24) is 4.98 Å². The Kier molecular flexibility index (Phi) is 5.49. The number of aliphatic carboxylic acids is 1. The first kappa shape index (κ1) is 16.0. The molecule has 0 saturated heterocycles. The first-order valence-electron chi connectivity index (χ1n) is 7.19. The second-order valence-electron chi connectivity index (χ2n) is 5.07. The van der Waals surface area contributed by atoms with Gasteiger partial charge in [0, 0.05) is 18.0 Å². The van der Waals surface area contributed by atoms with Crippen molar-refractivity contribution >= 4 is 5.97 Å². The van der Waals surface area contributed by atoms with E-state index in [1.807, 2.05) is 42.5 Å². The van der Waals surface area contributed by atoms with Crippen LogP contribution in [0, 0.1) is 0 Å². The number of nitrogens with zero attached hydrogens (tertiary/aromatic N) is 1. The molecule has 0 unspecified atom stereocenters. The van der Waals surface area contributed by atoms with Crippen molar-refractivity contribution in [2.45, 2.75) is 25.3 Å². The predicted molar refractivity (Wildman–Crippen MR) is 84.6 cm³/mol. The number of aromatic nitrogens is 1. The zero-order valence-corrected chi connectivity index (χ0v) is 12.5. The molecule has 1 aromatic carbocycles. The highest BCUT2D eigenvalue weighted by atomic mass is 16.5. The molecule has 2 rings (SSSR count). The van der Waals surface area contributed by atoms with Crippen molar-refractivity contribution in [3.63, 3.8) is 0 Å². The predicted octanol–water partition coefficient (Wildman–Crippen LogP) is 3.01. The summed E-state index contributed by atoms with van der Waals surface area (Å²) in [4.78, 5) is 15.1. The highest BCUT2D eigenvalue weighted by Gasteiger charge is 2.10. The Morgan fingerprint density at radius 3 is 2.64 bits per heavy atom. The molecule has 2 aromatic rings. The number of benzene rings is 1. The minimum absolute atomic E-state index is 0.131. The molecule has 5 heteroatoms. The van der Waals surface area contributed by atoms with Gasteiger partial charge in [-0.15, -0.1) is 0 Å². The van der Waals surface area contributed by atoms with Crippen molar-refractivity contribution in [2.24, 2.45) is 5.73 Å². The Bertz CT molecular complexity index is 626. The molecule has 3 N–H and O–H groups in total. The molecule has 1 aromatic heterocycles. The van der Waals surface area contributed by atoms with Gasteiger partial charge in [0.1, 0.15) is 5.75 Å². The van der Waals surface area contributed by atoms with E-state index >= 15 is 0 Å². The van der Waals surface area contributed by atoms with E-state index in [4.69, 9.17) is 15.6 Å². The third-order valence-corrected chi connectivity index (χ3v) is 3.44. The fourth-order valence-electron chi connectivity index (χ4n) is 2.20. The summed E-state index contributed by atoms with van der Waals surface area (Å²) in [6.07, 6.45) is 1.28. The lowest BCUT2D eigenvalue weighted by molar-refractivity contribution is -0.137. The second-order valence-corrected chi connectivity index (χ2v) is 5.07. The van der Waals surface area contributed by atoms with Gasteiger partial charge in [-0.2, -0.15) is 0 Å². The molecule has 5 nitrogen and oxygen atoms in total. The van der Waals surface area contributed by atoms with Gasteiger partial charge >= 0.3 is 5.97 Å². The van der Waals surface area contributed by atoms with Crippen molar-refractivity contribution in [3.8, 4) is 17.0 Å². The van der Waals surface area contributed by atoms with E-state index in [2.05, 4.69) is 4.98 Å². The smallest absolute Gasteiger partial charge is 0.303 e. The van der Waals surface area contributed by atoms with Gasteiger partial charge in [0.05, 0.1) is 18.5 Å². The minimum atomic E-state index is -0.799. The molecule has 0 aliphatic rings. The number of rotatable bonds is 7. The summed E-state index contributed by atoms with van der Waals surface area (Å²) in [6.45, 7) is 0. The monoisotopic (exact) mass is 300 g/mol. The van der Waals surface area contributed by atoms with Crippen LogP contribution in [0.2, 0.25) is 0 Å². The van der Waals surface area contributed by atoms with E-state index in [9.17, 15) is 4.79 Å². The van der Waals surface area contributed by atoms with Crippen LogP contribution in [-0.2, 0) is 4.79 Å². The molecule has 0 spiro atoms. The maximum Gasteiger partial charge on any atom is 0.303 e. The third kappa shape index (κ3) is 4.30. The van der Waals surface area contributed by atoms with Gasteiger partial charge in [-0.25, -0.2) is 0 Å². The molecule has 0 aliphatic carbocycles. The summed E-state index contributed by atoms with van der Waals surface area (Å²) in [5.74, 6) is -0.00239. The maximum atomic E-state index is 10.5. The number of carboxylic acid groups (broad SMARTS) is 1. The van der Waals surface area contributed by atoms with E-state index in [0.29, 0.717) is 12.8 Å². The lowest BCUT2D eigenvalue weighted by Crippen LogP contribution is -2.12. The Balaban J connectivity index is 2.09. The molecule has 0 aliphatic heterocycles. The van der Waals surface area contributed by atoms with Gasteiger partial charge in [-0.05, 0) is 49.2 Å². The molecule has 0 fully saturated rings. The molecule has 0 saturated carbocycles. The van der Waals surface area contributed by atoms with Gasteiger partial charge < -0.3 is 15.6 Å². The molecular formula is C17H20N2O3. The molecule has 1 atom stereocenters. The number of nitrogens with two attached hydrogens (primary N) is 1. The zero-order valence-electron chi connectivity index (χ0n) is 12.5. The van der Waals surface area contributed by atoms with E-state index < -0.39 is 5.97 Å². The molecule has 22 heavy (non-hydrogen) atoms. The Morgan fingerprint density at radius 1 is 1.27 bits per heavy atom. The molecule has 1 heterocycles. The number of methoxy groups -OCH3 is 1. The van der Waals surface area contributed by atoms with Gasteiger partial charge in [0.15, 0.2) is 0 Å². The topological polar surface area (TPSA) is 85.4 Å². The first-order chi connectivity index (χ1) is 10.6.